The summed E-state index contributed by atoms with van der Waals surface area (Å²) in [5, 5.41) is 21.2. The molecule has 4 aromatic rings. The van der Waals surface area contributed by atoms with E-state index in [0.29, 0.717) is 23.5 Å². The molecule has 0 atom stereocenters. The minimum absolute atomic E-state index is 0.0666. The Morgan fingerprint density at radius 3 is 2.61 bits per heavy atom. The molecule has 8 nitrogen and oxygen atoms in total. The van der Waals surface area contributed by atoms with Crippen molar-refractivity contribution in [2.24, 2.45) is 0 Å². The number of nitrogens with one attached hydrogen (secondary N) is 2. The quantitative estimate of drug-likeness (QED) is 0.255. The van der Waals surface area contributed by atoms with Gasteiger partial charge in [0.05, 0.1) is 17.0 Å². The Morgan fingerprint density at radius 2 is 1.87 bits per heavy atom. The van der Waals surface area contributed by atoms with Crippen molar-refractivity contribution in [2.75, 3.05) is 5.32 Å². The summed E-state index contributed by atoms with van der Waals surface area (Å²) in [7, 11) is 0. The van der Waals surface area contributed by atoms with E-state index >= 15 is 0 Å². The number of nitrogens with zero attached hydrogens (tertiary/aromatic N) is 3. The van der Waals surface area contributed by atoms with Gasteiger partial charge in [0.25, 0.3) is 5.91 Å². The summed E-state index contributed by atoms with van der Waals surface area (Å²) >= 11 is 6.02. The monoisotopic (exact) mass is 529 g/mol. The van der Waals surface area contributed by atoms with E-state index < -0.39 is 5.91 Å². The van der Waals surface area contributed by atoms with E-state index in [1.54, 1.807) is 24.3 Å². The van der Waals surface area contributed by atoms with Gasteiger partial charge in [0.1, 0.15) is 10.9 Å². The summed E-state index contributed by atoms with van der Waals surface area (Å²) in [6, 6.07) is 17.5. The molecular weight excluding hydrogens is 502 g/mol. The lowest BCUT2D eigenvalue weighted by Gasteiger charge is -2.13. The molecule has 194 valence electrons. The second-order valence-electron chi connectivity index (χ2n) is 9.46. The number of halogens is 1. The van der Waals surface area contributed by atoms with Crippen molar-refractivity contribution in [2.45, 2.75) is 45.1 Å². The van der Waals surface area contributed by atoms with E-state index in [1.807, 2.05) is 37.3 Å². The van der Waals surface area contributed by atoms with Gasteiger partial charge in [0, 0.05) is 36.0 Å². The van der Waals surface area contributed by atoms with Gasteiger partial charge >= 0.3 is 6.03 Å². The van der Waals surface area contributed by atoms with Gasteiger partial charge in [-0.3, -0.25) is 4.79 Å². The maximum Gasteiger partial charge on any atom is 0.342 e. The molecule has 0 aliphatic heterocycles. The molecule has 1 aliphatic rings. The third kappa shape index (κ3) is 5.40. The van der Waals surface area contributed by atoms with Crippen molar-refractivity contribution in [1.82, 2.24) is 20.1 Å². The van der Waals surface area contributed by atoms with Crippen molar-refractivity contribution in [1.29, 1.82) is 0 Å². The maximum atomic E-state index is 13.2. The fourth-order valence-corrected chi connectivity index (χ4v) is 5.04. The largest absolute Gasteiger partial charge is 0.507 e. The number of phenols is 1. The number of anilines is 1. The molecule has 2 aromatic carbocycles. The van der Waals surface area contributed by atoms with E-state index in [-0.39, 0.29) is 28.4 Å². The SMILES string of the molecule is Cc1ccccc1CNC(=O)n1nc(-c2ccc(NC(=O)c3cccnc3Cl)cc2O)cc1C1CCCC1. The lowest BCUT2D eigenvalue weighted by molar-refractivity contribution is 0.102. The molecule has 0 unspecified atom stereocenters. The number of carbonyl (C=O) groups excluding carboxylic acids is 2. The summed E-state index contributed by atoms with van der Waals surface area (Å²) in [5.74, 6) is -0.276. The molecule has 0 spiro atoms. The number of hydrogen-bond donors (Lipinski definition) is 3. The Kier molecular flexibility index (Phi) is 7.42. The first-order chi connectivity index (χ1) is 18.4. The van der Waals surface area contributed by atoms with Crippen LogP contribution >= 0.6 is 11.6 Å². The Labute approximate surface area is 225 Å². The lowest BCUT2D eigenvalue weighted by Crippen LogP contribution is -2.31. The second kappa shape index (κ2) is 11.1. The number of aryl methyl sites for hydroxylation is 1. The molecule has 1 fully saturated rings. The molecule has 0 radical (unpaired) electrons. The number of aromatic nitrogens is 3. The van der Waals surface area contributed by atoms with Gasteiger partial charge in [-0.25, -0.2) is 9.78 Å². The number of amides is 2. The van der Waals surface area contributed by atoms with Gasteiger partial charge in [0.2, 0.25) is 0 Å². The number of phenolic OH excluding ortho intramolecular Hbond substituents is 1. The lowest BCUT2D eigenvalue weighted by atomic mass is 10.0. The molecular formula is C29H28ClN5O3. The van der Waals surface area contributed by atoms with Crippen molar-refractivity contribution in [3.05, 3.63) is 94.4 Å². The summed E-state index contributed by atoms with van der Waals surface area (Å²) in [4.78, 5) is 29.7. The Bertz CT molecular complexity index is 1490. The van der Waals surface area contributed by atoms with Gasteiger partial charge in [-0.05, 0) is 61.2 Å². The molecule has 3 N–H and O–H groups in total. The number of carbonyl (C=O) groups is 2. The molecule has 5 rings (SSSR count). The van der Waals surface area contributed by atoms with Crippen LogP contribution < -0.4 is 10.6 Å². The number of aromatic hydroxyl groups is 1. The number of pyridine rings is 1. The van der Waals surface area contributed by atoms with E-state index in [1.165, 1.54) is 16.9 Å². The first-order valence-electron chi connectivity index (χ1n) is 12.6. The van der Waals surface area contributed by atoms with Crippen molar-refractivity contribution in [3.63, 3.8) is 0 Å². The summed E-state index contributed by atoms with van der Waals surface area (Å²) in [5.41, 5.74) is 4.56. The highest BCUT2D eigenvalue weighted by molar-refractivity contribution is 6.33. The van der Waals surface area contributed by atoms with E-state index in [2.05, 4.69) is 20.7 Å². The van der Waals surface area contributed by atoms with Crippen LogP contribution in [0.25, 0.3) is 11.3 Å². The molecule has 2 amide bonds. The Hall–Kier alpha value is -4.17. The van der Waals surface area contributed by atoms with Crippen LogP contribution in [0.15, 0.2) is 66.9 Å². The average Bonchev–Trinajstić information content (AvgIpc) is 3.59. The van der Waals surface area contributed by atoms with Crippen LogP contribution in [-0.4, -0.2) is 31.8 Å². The minimum atomic E-state index is -0.437. The molecule has 1 saturated carbocycles. The highest BCUT2D eigenvalue weighted by Crippen LogP contribution is 2.38. The molecule has 38 heavy (non-hydrogen) atoms. The fraction of sp³-hybridized carbons (Fsp3) is 0.241. The molecule has 9 heteroatoms. The van der Waals surface area contributed by atoms with Crippen LogP contribution in [0.4, 0.5) is 10.5 Å². The fourth-order valence-electron chi connectivity index (χ4n) is 4.84. The zero-order chi connectivity index (χ0) is 26.6. The van der Waals surface area contributed by atoms with Crippen LogP contribution in [0, 0.1) is 6.92 Å². The zero-order valence-corrected chi connectivity index (χ0v) is 21.7. The maximum absolute atomic E-state index is 13.2. The van der Waals surface area contributed by atoms with Gasteiger partial charge in [-0.2, -0.15) is 9.78 Å². The molecule has 2 aromatic heterocycles. The first kappa shape index (κ1) is 25.5. The number of benzene rings is 2. The van der Waals surface area contributed by atoms with E-state index in [9.17, 15) is 14.7 Å². The summed E-state index contributed by atoms with van der Waals surface area (Å²) in [6.07, 6.45) is 5.70. The Morgan fingerprint density at radius 1 is 1.08 bits per heavy atom. The molecule has 0 bridgehead atoms. The smallest absolute Gasteiger partial charge is 0.342 e. The standard InChI is InChI=1S/C29H28ClN5O3/c1-18-7-2-3-10-20(18)17-32-29(38)35-25(19-8-4-5-9-19)16-24(34-35)22-13-12-21(15-26(22)36)33-28(37)23-11-6-14-31-27(23)30/h2-3,6-7,10-16,19,36H,4-5,8-9,17H2,1H3,(H,32,38)(H,33,37). The molecule has 1 aliphatic carbocycles. The topological polar surface area (TPSA) is 109 Å². The predicted octanol–water partition coefficient (Wildman–Crippen LogP) is 6.28. The van der Waals surface area contributed by atoms with Crippen LogP contribution in [0.1, 0.15) is 58.8 Å². The third-order valence-corrected chi connectivity index (χ3v) is 7.23. The van der Waals surface area contributed by atoms with Crippen LogP contribution in [0.2, 0.25) is 5.15 Å². The average molecular weight is 530 g/mol. The summed E-state index contributed by atoms with van der Waals surface area (Å²) < 4.78 is 1.43. The highest BCUT2D eigenvalue weighted by atomic mass is 35.5. The third-order valence-electron chi connectivity index (χ3n) is 6.93. The normalized spacial score (nSPS) is 13.4. The minimum Gasteiger partial charge on any atom is -0.507 e. The Balaban J connectivity index is 1.39. The van der Waals surface area contributed by atoms with Crippen molar-refractivity contribution >= 4 is 29.2 Å². The highest BCUT2D eigenvalue weighted by Gasteiger charge is 2.26. The van der Waals surface area contributed by atoms with Gasteiger partial charge < -0.3 is 15.7 Å². The first-order valence-corrected chi connectivity index (χ1v) is 13.0. The van der Waals surface area contributed by atoms with Crippen molar-refractivity contribution in [3.8, 4) is 17.0 Å². The van der Waals surface area contributed by atoms with Crippen molar-refractivity contribution < 1.29 is 14.7 Å². The van der Waals surface area contributed by atoms with Crippen LogP contribution in [0.5, 0.6) is 5.75 Å². The van der Waals surface area contributed by atoms with Gasteiger partial charge in [-0.1, -0.05) is 48.7 Å². The van der Waals surface area contributed by atoms with E-state index in [0.717, 1.165) is 42.5 Å². The molecule has 0 saturated heterocycles. The van der Waals surface area contributed by atoms with Crippen LogP contribution in [0.3, 0.4) is 0 Å². The molecule has 2 heterocycles. The summed E-state index contributed by atoms with van der Waals surface area (Å²) in [6.45, 7) is 2.41. The van der Waals surface area contributed by atoms with E-state index in [4.69, 9.17) is 11.6 Å². The van der Waals surface area contributed by atoms with Gasteiger partial charge in [0.15, 0.2) is 0 Å². The number of hydrogen-bond acceptors (Lipinski definition) is 5. The van der Waals surface area contributed by atoms with Gasteiger partial charge in [-0.15, -0.1) is 0 Å². The second-order valence-corrected chi connectivity index (χ2v) is 9.82. The number of rotatable bonds is 6. The zero-order valence-electron chi connectivity index (χ0n) is 20.9. The predicted molar refractivity (Wildman–Crippen MR) is 147 cm³/mol. The van der Waals surface area contributed by atoms with Crippen LogP contribution in [-0.2, 0) is 6.54 Å².